The van der Waals surface area contributed by atoms with Gasteiger partial charge in [0.25, 0.3) is 0 Å². The van der Waals surface area contributed by atoms with Crippen LogP contribution in [0.1, 0.15) is 46.5 Å². The van der Waals surface area contributed by atoms with E-state index in [1.807, 2.05) is 20.8 Å². The predicted octanol–water partition coefficient (Wildman–Crippen LogP) is 1.99. The highest BCUT2D eigenvalue weighted by Gasteiger charge is 2.07. The summed E-state index contributed by atoms with van der Waals surface area (Å²) in [6.45, 7) is 7.75. The second-order valence-electron chi connectivity index (χ2n) is 5.30. The van der Waals surface area contributed by atoms with E-state index in [1.165, 1.54) is 0 Å². The van der Waals surface area contributed by atoms with E-state index in [0.29, 0.717) is 26.1 Å². The molecule has 0 aromatic carbocycles. The lowest BCUT2D eigenvalue weighted by molar-refractivity contribution is -0.137. The number of urea groups is 1. The predicted molar refractivity (Wildman–Crippen MR) is 77.8 cm³/mol. The third-order valence-electron chi connectivity index (χ3n) is 2.77. The van der Waals surface area contributed by atoms with Gasteiger partial charge in [-0.2, -0.15) is 0 Å². The molecule has 0 aliphatic rings. The summed E-state index contributed by atoms with van der Waals surface area (Å²) in [6, 6.07) is -0.197. The summed E-state index contributed by atoms with van der Waals surface area (Å²) >= 11 is 0. The van der Waals surface area contributed by atoms with Crippen LogP contribution in [-0.2, 0) is 9.53 Å². The molecule has 1 unspecified atom stereocenters. The van der Waals surface area contributed by atoms with Gasteiger partial charge in [-0.3, -0.25) is 4.79 Å². The maximum absolute atomic E-state index is 11.5. The number of amides is 2. The summed E-state index contributed by atoms with van der Waals surface area (Å²) in [4.78, 5) is 21.9. The van der Waals surface area contributed by atoms with Crippen molar-refractivity contribution in [3.8, 4) is 0 Å². The standard InChI is InChI=1S/C14H28N2O4/c1-11(2)20-9-5-4-8-15-14(19)16-10-12(3)6-7-13(17)18/h11-12H,4-10H2,1-3H3,(H,17,18)(H2,15,16,19). The SMILES string of the molecule is CC(CCC(=O)O)CNC(=O)NCCCCOC(C)C. The summed E-state index contributed by atoms with van der Waals surface area (Å²) in [5.41, 5.74) is 0. The quantitative estimate of drug-likeness (QED) is 0.507. The van der Waals surface area contributed by atoms with Crippen LogP contribution in [0, 0.1) is 5.92 Å². The van der Waals surface area contributed by atoms with Crippen molar-refractivity contribution in [1.82, 2.24) is 10.6 Å². The molecule has 0 rings (SSSR count). The topological polar surface area (TPSA) is 87.7 Å². The Morgan fingerprint density at radius 2 is 1.85 bits per heavy atom. The van der Waals surface area contributed by atoms with Crippen LogP contribution in [0.4, 0.5) is 4.79 Å². The second kappa shape index (κ2) is 11.5. The Hall–Kier alpha value is -1.30. The Morgan fingerprint density at radius 3 is 2.45 bits per heavy atom. The largest absolute Gasteiger partial charge is 0.481 e. The highest BCUT2D eigenvalue weighted by molar-refractivity contribution is 5.73. The van der Waals surface area contributed by atoms with Crippen molar-refractivity contribution in [2.75, 3.05) is 19.7 Å². The van der Waals surface area contributed by atoms with Gasteiger partial charge in [-0.1, -0.05) is 6.92 Å². The van der Waals surface area contributed by atoms with Crippen molar-refractivity contribution in [3.05, 3.63) is 0 Å². The number of carboxylic acid groups (broad SMARTS) is 1. The van der Waals surface area contributed by atoms with Crippen molar-refractivity contribution < 1.29 is 19.4 Å². The number of carbonyl (C=O) groups is 2. The van der Waals surface area contributed by atoms with Gasteiger partial charge in [0.1, 0.15) is 0 Å². The minimum atomic E-state index is -0.801. The number of carbonyl (C=O) groups excluding carboxylic acids is 1. The molecule has 118 valence electrons. The number of aliphatic carboxylic acids is 1. The molecule has 2 amide bonds. The number of rotatable bonds is 11. The lowest BCUT2D eigenvalue weighted by Gasteiger charge is -2.12. The number of ether oxygens (including phenoxy) is 1. The minimum absolute atomic E-state index is 0.139. The molecule has 0 radical (unpaired) electrons. The molecule has 6 nitrogen and oxygen atoms in total. The molecule has 20 heavy (non-hydrogen) atoms. The van der Waals surface area contributed by atoms with Crippen LogP contribution in [0.2, 0.25) is 0 Å². The maximum Gasteiger partial charge on any atom is 0.314 e. The first-order chi connectivity index (χ1) is 9.41. The van der Waals surface area contributed by atoms with E-state index in [9.17, 15) is 9.59 Å². The summed E-state index contributed by atoms with van der Waals surface area (Å²) in [6.07, 6.45) is 2.77. The zero-order chi connectivity index (χ0) is 15.4. The van der Waals surface area contributed by atoms with Gasteiger partial charge in [0.05, 0.1) is 6.10 Å². The van der Waals surface area contributed by atoms with Gasteiger partial charge in [0.15, 0.2) is 0 Å². The van der Waals surface area contributed by atoms with E-state index in [-0.39, 0.29) is 24.5 Å². The number of unbranched alkanes of at least 4 members (excludes halogenated alkanes) is 1. The molecule has 0 heterocycles. The molecular weight excluding hydrogens is 260 g/mol. The van der Waals surface area contributed by atoms with Gasteiger partial charge in [0.2, 0.25) is 0 Å². The van der Waals surface area contributed by atoms with Gasteiger partial charge in [0, 0.05) is 26.1 Å². The highest BCUT2D eigenvalue weighted by Crippen LogP contribution is 2.03. The molecule has 0 aliphatic carbocycles. The van der Waals surface area contributed by atoms with E-state index < -0.39 is 5.97 Å². The summed E-state index contributed by atoms with van der Waals surface area (Å²) in [5.74, 6) is -0.638. The van der Waals surface area contributed by atoms with Crippen molar-refractivity contribution in [2.45, 2.75) is 52.6 Å². The molecule has 6 heteroatoms. The average Bonchev–Trinajstić information content (AvgIpc) is 2.37. The first-order valence-corrected chi connectivity index (χ1v) is 7.27. The van der Waals surface area contributed by atoms with Crippen molar-refractivity contribution in [3.63, 3.8) is 0 Å². The average molecular weight is 288 g/mol. The van der Waals surface area contributed by atoms with Crippen LogP contribution in [0.3, 0.4) is 0 Å². The Morgan fingerprint density at radius 1 is 1.15 bits per heavy atom. The van der Waals surface area contributed by atoms with Gasteiger partial charge in [-0.25, -0.2) is 4.79 Å². The first kappa shape index (κ1) is 18.7. The van der Waals surface area contributed by atoms with E-state index in [4.69, 9.17) is 9.84 Å². The molecule has 0 bridgehead atoms. The molecule has 0 aliphatic heterocycles. The van der Waals surface area contributed by atoms with E-state index >= 15 is 0 Å². The Kier molecular flexibility index (Phi) is 10.8. The van der Waals surface area contributed by atoms with Crippen LogP contribution in [0.5, 0.6) is 0 Å². The van der Waals surface area contributed by atoms with Gasteiger partial charge >= 0.3 is 12.0 Å². The van der Waals surface area contributed by atoms with Crippen LogP contribution in [0.25, 0.3) is 0 Å². The van der Waals surface area contributed by atoms with Gasteiger partial charge in [-0.15, -0.1) is 0 Å². The highest BCUT2D eigenvalue weighted by atomic mass is 16.5. The van der Waals surface area contributed by atoms with Crippen molar-refractivity contribution in [1.29, 1.82) is 0 Å². The molecule has 0 spiro atoms. The number of hydrogen-bond acceptors (Lipinski definition) is 3. The lowest BCUT2D eigenvalue weighted by Crippen LogP contribution is -2.38. The summed E-state index contributed by atoms with van der Waals surface area (Å²) in [5, 5.41) is 14.1. The van der Waals surface area contributed by atoms with Gasteiger partial charge in [-0.05, 0) is 39.0 Å². The Balaban J connectivity index is 3.42. The fraction of sp³-hybridized carbons (Fsp3) is 0.857. The van der Waals surface area contributed by atoms with Gasteiger partial charge < -0.3 is 20.5 Å². The smallest absolute Gasteiger partial charge is 0.314 e. The third kappa shape index (κ3) is 13.1. The zero-order valence-electron chi connectivity index (χ0n) is 12.8. The summed E-state index contributed by atoms with van der Waals surface area (Å²) in [7, 11) is 0. The van der Waals surface area contributed by atoms with E-state index in [1.54, 1.807) is 0 Å². The minimum Gasteiger partial charge on any atom is -0.481 e. The molecule has 0 saturated heterocycles. The van der Waals surface area contributed by atoms with Crippen LogP contribution in [-0.4, -0.2) is 42.9 Å². The Labute approximate surface area is 121 Å². The fourth-order valence-corrected chi connectivity index (χ4v) is 1.55. The summed E-state index contributed by atoms with van der Waals surface area (Å²) < 4.78 is 5.40. The maximum atomic E-state index is 11.5. The fourth-order valence-electron chi connectivity index (χ4n) is 1.55. The molecule has 0 saturated carbocycles. The van der Waals surface area contributed by atoms with E-state index in [2.05, 4.69) is 10.6 Å². The first-order valence-electron chi connectivity index (χ1n) is 7.27. The Bertz CT molecular complexity index is 282. The number of hydrogen-bond donors (Lipinski definition) is 3. The number of nitrogens with one attached hydrogen (secondary N) is 2. The van der Waals surface area contributed by atoms with E-state index in [0.717, 1.165) is 12.8 Å². The van der Waals surface area contributed by atoms with Crippen LogP contribution < -0.4 is 10.6 Å². The van der Waals surface area contributed by atoms with Crippen molar-refractivity contribution >= 4 is 12.0 Å². The molecule has 1 atom stereocenters. The molecule has 0 fully saturated rings. The monoisotopic (exact) mass is 288 g/mol. The lowest BCUT2D eigenvalue weighted by atomic mass is 10.1. The molecule has 3 N–H and O–H groups in total. The second-order valence-corrected chi connectivity index (χ2v) is 5.30. The molecule has 0 aromatic rings. The van der Waals surface area contributed by atoms with Crippen LogP contribution >= 0.6 is 0 Å². The third-order valence-corrected chi connectivity index (χ3v) is 2.77. The van der Waals surface area contributed by atoms with Crippen LogP contribution in [0.15, 0.2) is 0 Å². The zero-order valence-corrected chi connectivity index (χ0v) is 12.8. The van der Waals surface area contributed by atoms with Crippen molar-refractivity contribution in [2.24, 2.45) is 5.92 Å². The molecule has 0 aromatic heterocycles. The molecular formula is C14H28N2O4. The number of carboxylic acids is 1. The normalized spacial score (nSPS) is 12.2.